The SMILES string of the molecule is NC1=C(O)C(CC(=O)O)C(=O)N(CC(=O)O)C1=O. The van der Waals surface area contributed by atoms with Crippen LogP contribution in [0, 0.1) is 5.92 Å². The van der Waals surface area contributed by atoms with Crippen molar-refractivity contribution in [1.29, 1.82) is 0 Å². The van der Waals surface area contributed by atoms with E-state index in [9.17, 15) is 24.3 Å². The van der Waals surface area contributed by atoms with Gasteiger partial charge in [0.25, 0.3) is 5.91 Å². The number of aliphatic hydroxyl groups is 1. The molecular weight excluding hydrogens is 248 g/mol. The Morgan fingerprint density at radius 2 is 1.78 bits per heavy atom. The molecule has 1 atom stereocenters. The summed E-state index contributed by atoms with van der Waals surface area (Å²) in [6.07, 6.45) is -0.783. The molecule has 0 spiro atoms. The van der Waals surface area contributed by atoms with Crippen LogP contribution in [0.3, 0.4) is 0 Å². The highest BCUT2D eigenvalue weighted by Crippen LogP contribution is 2.24. The lowest BCUT2D eigenvalue weighted by atomic mass is 9.96. The third-order valence-corrected chi connectivity index (χ3v) is 2.32. The van der Waals surface area contributed by atoms with Crippen LogP contribution in [0.4, 0.5) is 0 Å². The minimum atomic E-state index is -1.54. The number of amides is 2. The first-order valence-electron chi connectivity index (χ1n) is 4.73. The number of carbonyl (C=O) groups excluding carboxylic acids is 2. The number of imide groups is 1. The van der Waals surface area contributed by atoms with E-state index in [0.717, 1.165) is 0 Å². The molecule has 0 saturated carbocycles. The molecule has 1 aliphatic heterocycles. The van der Waals surface area contributed by atoms with Crippen molar-refractivity contribution in [2.24, 2.45) is 11.7 Å². The third kappa shape index (κ3) is 2.39. The summed E-state index contributed by atoms with van der Waals surface area (Å²) in [5.41, 5.74) is 4.50. The maximum absolute atomic E-state index is 11.7. The number of hydrogen-bond acceptors (Lipinski definition) is 6. The summed E-state index contributed by atoms with van der Waals surface area (Å²) in [5.74, 6) is -7.48. The van der Waals surface area contributed by atoms with Crippen LogP contribution in [0.25, 0.3) is 0 Å². The number of nitrogens with two attached hydrogens (primary N) is 1. The van der Waals surface area contributed by atoms with Gasteiger partial charge in [0, 0.05) is 0 Å². The Hall–Kier alpha value is -2.58. The molecule has 0 bridgehead atoms. The molecule has 2 amide bonds. The molecule has 5 N–H and O–H groups in total. The molecule has 18 heavy (non-hydrogen) atoms. The van der Waals surface area contributed by atoms with Crippen molar-refractivity contribution < 1.29 is 34.5 Å². The molecule has 0 aromatic rings. The topological polar surface area (TPSA) is 158 Å². The van der Waals surface area contributed by atoms with Gasteiger partial charge in [-0.05, 0) is 0 Å². The zero-order chi connectivity index (χ0) is 14.0. The van der Waals surface area contributed by atoms with Crippen molar-refractivity contribution in [2.75, 3.05) is 6.54 Å². The molecule has 0 saturated heterocycles. The van der Waals surface area contributed by atoms with Crippen molar-refractivity contribution in [2.45, 2.75) is 6.42 Å². The van der Waals surface area contributed by atoms with E-state index in [0.29, 0.717) is 4.90 Å². The highest BCUT2D eigenvalue weighted by Gasteiger charge is 2.41. The van der Waals surface area contributed by atoms with E-state index in [2.05, 4.69) is 0 Å². The Labute approximate surface area is 100 Å². The predicted molar refractivity (Wildman–Crippen MR) is 53.9 cm³/mol. The van der Waals surface area contributed by atoms with Gasteiger partial charge < -0.3 is 21.1 Å². The van der Waals surface area contributed by atoms with Gasteiger partial charge in [0.05, 0.1) is 6.42 Å². The van der Waals surface area contributed by atoms with Gasteiger partial charge in [0.15, 0.2) is 0 Å². The number of nitrogens with zero attached hydrogens (tertiary/aromatic N) is 1. The number of carbonyl (C=O) groups is 4. The molecule has 98 valence electrons. The first-order valence-corrected chi connectivity index (χ1v) is 4.73. The van der Waals surface area contributed by atoms with E-state index in [1.807, 2.05) is 0 Å². The molecule has 9 nitrogen and oxygen atoms in total. The van der Waals surface area contributed by atoms with Crippen LogP contribution in [-0.2, 0) is 19.2 Å². The average Bonchev–Trinajstić information content (AvgIpc) is 2.27. The molecule has 1 heterocycles. The molecule has 0 aromatic heterocycles. The Morgan fingerprint density at radius 3 is 2.22 bits per heavy atom. The standard InChI is InChI=1S/C9H10N2O7/c10-6-7(16)3(1-4(12)13)8(17)11(9(6)18)2-5(14)15/h3,16H,1-2,10H2,(H,12,13)(H,14,15). The second kappa shape index (κ2) is 4.73. The molecule has 0 aromatic carbocycles. The summed E-state index contributed by atoms with van der Waals surface area (Å²) in [6.45, 7) is -0.943. The monoisotopic (exact) mass is 258 g/mol. The molecule has 1 unspecified atom stereocenters. The molecular formula is C9H10N2O7. The Morgan fingerprint density at radius 1 is 1.22 bits per heavy atom. The number of aliphatic hydroxyl groups excluding tert-OH is 1. The lowest BCUT2D eigenvalue weighted by Gasteiger charge is -2.28. The number of carboxylic acids is 2. The highest BCUT2D eigenvalue weighted by molar-refractivity contribution is 6.10. The van der Waals surface area contributed by atoms with Crippen LogP contribution in [0.1, 0.15) is 6.42 Å². The van der Waals surface area contributed by atoms with Crippen molar-refractivity contribution >= 4 is 23.8 Å². The number of rotatable bonds is 4. The Bertz CT molecular complexity index is 468. The number of carboxylic acid groups (broad SMARTS) is 2. The summed E-state index contributed by atoms with van der Waals surface area (Å²) in [7, 11) is 0. The van der Waals surface area contributed by atoms with Crippen molar-refractivity contribution in [3.63, 3.8) is 0 Å². The molecule has 1 aliphatic rings. The fraction of sp³-hybridized carbons (Fsp3) is 0.333. The van der Waals surface area contributed by atoms with E-state index in [1.54, 1.807) is 0 Å². The first-order chi connectivity index (χ1) is 8.25. The van der Waals surface area contributed by atoms with Crippen LogP contribution >= 0.6 is 0 Å². The minimum absolute atomic E-state index is 0.297. The second-order valence-electron chi connectivity index (χ2n) is 3.57. The van der Waals surface area contributed by atoms with Gasteiger partial charge >= 0.3 is 11.9 Å². The summed E-state index contributed by atoms with van der Waals surface area (Å²) in [6, 6.07) is 0. The van der Waals surface area contributed by atoms with Gasteiger partial charge in [-0.3, -0.25) is 24.1 Å². The lowest BCUT2D eigenvalue weighted by Crippen LogP contribution is -2.50. The molecule has 0 aliphatic carbocycles. The fourth-order valence-corrected chi connectivity index (χ4v) is 1.49. The predicted octanol–water partition coefficient (Wildman–Crippen LogP) is -1.74. The van der Waals surface area contributed by atoms with Crippen LogP contribution in [-0.4, -0.2) is 50.5 Å². The highest BCUT2D eigenvalue weighted by atomic mass is 16.4. The Kier molecular flexibility index (Phi) is 3.55. The van der Waals surface area contributed by atoms with Gasteiger partial charge in [0.1, 0.15) is 23.9 Å². The zero-order valence-electron chi connectivity index (χ0n) is 8.99. The maximum Gasteiger partial charge on any atom is 0.323 e. The molecule has 0 fully saturated rings. The quantitative estimate of drug-likeness (QED) is 0.432. The third-order valence-electron chi connectivity index (χ3n) is 2.32. The minimum Gasteiger partial charge on any atom is -0.509 e. The maximum atomic E-state index is 11.7. The molecule has 9 heteroatoms. The summed E-state index contributed by atoms with van der Waals surface area (Å²) < 4.78 is 0. The summed E-state index contributed by atoms with van der Waals surface area (Å²) in [5, 5.41) is 26.6. The summed E-state index contributed by atoms with van der Waals surface area (Å²) in [4.78, 5) is 44.5. The number of hydrogen-bond donors (Lipinski definition) is 4. The average molecular weight is 258 g/mol. The van der Waals surface area contributed by atoms with E-state index < -0.39 is 54.1 Å². The van der Waals surface area contributed by atoms with Crippen LogP contribution in [0.2, 0.25) is 0 Å². The van der Waals surface area contributed by atoms with Crippen molar-refractivity contribution in [1.82, 2.24) is 4.90 Å². The van der Waals surface area contributed by atoms with Crippen LogP contribution in [0.5, 0.6) is 0 Å². The van der Waals surface area contributed by atoms with Gasteiger partial charge in [-0.15, -0.1) is 0 Å². The smallest absolute Gasteiger partial charge is 0.323 e. The Balaban J connectivity index is 3.14. The van der Waals surface area contributed by atoms with E-state index in [-0.39, 0.29) is 0 Å². The van der Waals surface area contributed by atoms with E-state index in [4.69, 9.17) is 15.9 Å². The van der Waals surface area contributed by atoms with Crippen molar-refractivity contribution in [3.8, 4) is 0 Å². The van der Waals surface area contributed by atoms with Gasteiger partial charge in [-0.2, -0.15) is 0 Å². The molecule has 0 radical (unpaired) electrons. The number of aliphatic carboxylic acids is 2. The first kappa shape index (κ1) is 13.5. The fourth-order valence-electron chi connectivity index (χ4n) is 1.49. The van der Waals surface area contributed by atoms with Gasteiger partial charge in [0.2, 0.25) is 5.91 Å². The molecule has 1 rings (SSSR count). The second-order valence-corrected chi connectivity index (χ2v) is 3.57. The van der Waals surface area contributed by atoms with Gasteiger partial charge in [-0.1, -0.05) is 0 Å². The lowest BCUT2D eigenvalue weighted by molar-refractivity contribution is -0.156. The van der Waals surface area contributed by atoms with Crippen LogP contribution < -0.4 is 5.73 Å². The van der Waals surface area contributed by atoms with Crippen LogP contribution in [0.15, 0.2) is 11.5 Å². The van der Waals surface area contributed by atoms with E-state index >= 15 is 0 Å². The van der Waals surface area contributed by atoms with E-state index in [1.165, 1.54) is 0 Å². The normalized spacial score (nSPS) is 20.2. The van der Waals surface area contributed by atoms with Gasteiger partial charge in [-0.25, -0.2) is 0 Å². The zero-order valence-corrected chi connectivity index (χ0v) is 8.99. The van der Waals surface area contributed by atoms with Crippen molar-refractivity contribution in [3.05, 3.63) is 11.5 Å². The summed E-state index contributed by atoms with van der Waals surface area (Å²) >= 11 is 0. The largest absolute Gasteiger partial charge is 0.509 e.